The number of Topliss-reactive ketones (excluding diaryl/α,β-unsaturated/α-hetero) is 1. The second kappa shape index (κ2) is 9.40. The molecule has 0 spiro atoms. The zero-order chi connectivity index (χ0) is 15.7. The molecule has 1 atom stereocenters. The van der Waals surface area contributed by atoms with E-state index < -0.39 is 6.10 Å². The minimum Gasteiger partial charge on any atom is -0.504 e. The van der Waals surface area contributed by atoms with Gasteiger partial charge in [0.1, 0.15) is 5.78 Å². The monoisotopic (exact) mass is 294 g/mol. The van der Waals surface area contributed by atoms with E-state index >= 15 is 0 Å². The van der Waals surface area contributed by atoms with Gasteiger partial charge in [-0.3, -0.25) is 4.79 Å². The summed E-state index contributed by atoms with van der Waals surface area (Å²) in [6, 6.07) is 4.64. The Kier molecular flexibility index (Phi) is 7.83. The molecular formula is C17H26O4. The van der Waals surface area contributed by atoms with Crippen LogP contribution in [0.5, 0.6) is 11.5 Å². The van der Waals surface area contributed by atoms with Crippen LogP contribution in [-0.2, 0) is 4.79 Å². The molecule has 1 rings (SSSR count). The van der Waals surface area contributed by atoms with E-state index in [1.165, 1.54) is 32.4 Å². The number of phenolic OH excluding ortho intramolecular Hbond substituents is 1. The number of ether oxygens (including phenoxy) is 1. The molecule has 0 aliphatic rings. The number of hydrogen-bond donors (Lipinski definition) is 2. The van der Waals surface area contributed by atoms with E-state index in [1.54, 1.807) is 12.1 Å². The molecule has 0 radical (unpaired) electrons. The number of unbranched alkanes of at least 4 members (excludes halogenated alkanes) is 4. The van der Waals surface area contributed by atoms with Crippen LogP contribution >= 0.6 is 0 Å². The number of rotatable bonds is 10. The molecule has 0 saturated heterocycles. The molecule has 0 aliphatic carbocycles. The number of ketones is 1. The SMILES string of the molecule is CCCCCCCC(=O)C[C@@H](O)c1ccc(O)c(OC)c1. The lowest BCUT2D eigenvalue weighted by atomic mass is 10.0. The lowest BCUT2D eigenvalue weighted by Gasteiger charge is -2.12. The molecule has 4 heteroatoms. The maximum Gasteiger partial charge on any atom is 0.160 e. The summed E-state index contributed by atoms with van der Waals surface area (Å²) in [7, 11) is 1.45. The number of phenols is 1. The Morgan fingerprint density at radius 2 is 1.95 bits per heavy atom. The van der Waals surface area contributed by atoms with Crippen molar-refractivity contribution in [3.8, 4) is 11.5 Å². The van der Waals surface area contributed by atoms with Gasteiger partial charge < -0.3 is 14.9 Å². The first-order chi connectivity index (χ1) is 10.1. The van der Waals surface area contributed by atoms with Gasteiger partial charge in [0.05, 0.1) is 13.2 Å². The van der Waals surface area contributed by atoms with Crippen LogP contribution in [0.25, 0.3) is 0 Å². The summed E-state index contributed by atoms with van der Waals surface area (Å²) >= 11 is 0. The van der Waals surface area contributed by atoms with E-state index in [4.69, 9.17) is 4.74 Å². The fourth-order valence-corrected chi connectivity index (χ4v) is 2.26. The smallest absolute Gasteiger partial charge is 0.160 e. The lowest BCUT2D eigenvalue weighted by molar-refractivity contribution is -0.121. The molecule has 118 valence electrons. The van der Waals surface area contributed by atoms with E-state index in [0.29, 0.717) is 17.7 Å². The van der Waals surface area contributed by atoms with Crippen molar-refractivity contribution in [1.82, 2.24) is 0 Å². The Morgan fingerprint density at radius 1 is 1.24 bits per heavy atom. The second-order valence-corrected chi connectivity index (χ2v) is 5.35. The lowest BCUT2D eigenvalue weighted by Crippen LogP contribution is -2.06. The molecule has 2 N–H and O–H groups in total. The summed E-state index contributed by atoms with van der Waals surface area (Å²) in [5, 5.41) is 19.6. The molecule has 21 heavy (non-hydrogen) atoms. The van der Waals surface area contributed by atoms with Gasteiger partial charge in [-0.25, -0.2) is 0 Å². The summed E-state index contributed by atoms with van der Waals surface area (Å²) in [4.78, 5) is 11.8. The van der Waals surface area contributed by atoms with Crippen molar-refractivity contribution in [2.45, 2.75) is 58.0 Å². The van der Waals surface area contributed by atoms with Gasteiger partial charge in [-0.15, -0.1) is 0 Å². The summed E-state index contributed by atoms with van der Waals surface area (Å²) in [5.74, 6) is 0.403. The molecule has 0 fully saturated rings. The first-order valence-corrected chi connectivity index (χ1v) is 7.65. The molecule has 0 heterocycles. The van der Waals surface area contributed by atoms with Crippen LogP contribution in [0, 0.1) is 0 Å². The van der Waals surface area contributed by atoms with Gasteiger partial charge in [0.25, 0.3) is 0 Å². The zero-order valence-electron chi connectivity index (χ0n) is 13.0. The average molecular weight is 294 g/mol. The van der Waals surface area contributed by atoms with Gasteiger partial charge in [-0.2, -0.15) is 0 Å². The third kappa shape index (κ3) is 6.17. The Hall–Kier alpha value is -1.55. The summed E-state index contributed by atoms with van der Waals surface area (Å²) in [5.41, 5.74) is 0.587. The van der Waals surface area contributed by atoms with Gasteiger partial charge in [0, 0.05) is 12.8 Å². The van der Waals surface area contributed by atoms with E-state index in [0.717, 1.165) is 12.8 Å². The second-order valence-electron chi connectivity index (χ2n) is 5.35. The topological polar surface area (TPSA) is 66.8 Å². The molecule has 4 nitrogen and oxygen atoms in total. The molecule has 0 aromatic heterocycles. The van der Waals surface area contributed by atoms with Gasteiger partial charge in [-0.1, -0.05) is 38.7 Å². The molecule has 0 unspecified atom stereocenters. The summed E-state index contributed by atoms with van der Waals surface area (Å²) < 4.78 is 5.00. The number of carbonyl (C=O) groups is 1. The van der Waals surface area contributed by atoms with Crippen molar-refractivity contribution in [3.63, 3.8) is 0 Å². The summed E-state index contributed by atoms with van der Waals surface area (Å²) in [6.07, 6.45) is 5.33. The van der Waals surface area contributed by atoms with E-state index in [1.807, 2.05) is 0 Å². The standard InChI is InChI=1S/C17H26O4/c1-3-4-5-6-7-8-14(18)12-16(20)13-9-10-15(19)17(11-13)21-2/h9-11,16,19-20H,3-8,12H2,1-2H3/t16-/m1/s1. The molecule has 0 saturated carbocycles. The van der Waals surface area contributed by atoms with E-state index in [-0.39, 0.29) is 18.0 Å². The quantitative estimate of drug-likeness (QED) is 0.645. The van der Waals surface area contributed by atoms with Crippen molar-refractivity contribution in [2.75, 3.05) is 7.11 Å². The number of aromatic hydroxyl groups is 1. The number of aliphatic hydroxyl groups excluding tert-OH is 1. The van der Waals surface area contributed by atoms with Crippen LogP contribution in [0.1, 0.15) is 63.5 Å². The third-order valence-corrected chi connectivity index (χ3v) is 3.57. The zero-order valence-corrected chi connectivity index (χ0v) is 13.0. The molecule has 1 aromatic carbocycles. The molecule has 0 amide bonds. The van der Waals surface area contributed by atoms with Crippen LogP contribution in [0.3, 0.4) is 0 Å². The van der Waals surface area contributed by atoms with Crippen LogP contribution < -0.4 is 4.74 Å². The van der Waals surface area contributed by atoms with E-state index in [2.05, 4.69) is 6.92 Å². The Bertz CT molecular complexity index is 442. The van der Waals surface area contributed by atoms with Crippen molar-refractivity contribution >= 4 is 5.78 Å². The fourth-order valence-electron chi connectivity index (χ4n) is 2.26. The maximum atomic E-state index is 11.8. The Morgan fingerprint density at radius 3 is 2.62 bits per heavy atom. The first-order valence-electron chi connectivity index (χ1n) is 7.65. The predicted octanol–water partition coefficient (Wildman–Crippen LogP) is 3.75. The molecule has 1 aromatic rings. The van der Waals surface area contributed by atoms with Crippen LogP contribution in [0.15, 0.2) is 18.2 Å². The van der Waals surface area contributed by atoms with Crippen LogP contribution in [0.2, 0.25) is 0 Å². The van der Waals surface area contributed by atoms with Gasteiger partial charge in [0.15, 0.2) is 11.5 Å². The highest BCUT2D eigenvalue weighted by Crippen LogP contribution is 2.30. The molecule has 0 aliphatic heterocycles. The maximum absolute atomic E-state index is 11.8. The minimum atomic E-state index is -0.845. The first kappa shape index (κ1) is 17.5. The molecule has 0 bridgehead atoms. The fraction of sp³-hybridized carbons (Fsp3) is 0.588. The van der Waals surface area contributed by atoms with Crippen molar-refractivity contribution < 1.29 is 19.7 Å². The van der Waals surface area contributed by atoms with Gasteiger partial charge in [0.2, 0.25) is 0 Å². The van der Waals surface area contributed by atoms with Gasteiger partial charge >= 0.3 is 0 Å². The number of benzene rings is 1. The van der Waals surface area contributed by atoms with Crippen molar-refractivity contribution in [2.24, 2.45) is 0 Å². The number of carbonyl (C=O) groups excluding carboxylic acids is 1. The Labute approximate surface area is 126 Å². The Balaban J connectivity index is 2.41. The minimum absolute atomic E-state index is 0.0238. The molecular weight excluding hydrogens is 268 g/mol. The third-order valence-electron chi connectivity index (χ3n) is 3.57. The van der Waals surface area contributed by atoms with Crippen molar-refractivity contribution in [1.29, 1.82) is 0 Å². The van der Waals surface area contributed by atoms with Crippen molar-refractivity contribution in [3.05, 3.63) is 23.8 Å². The predicted molar refractivity (Wildman–Crippen MR) is 82.6 cm³/mol. The average Bonchev–Trinajstić information content (AvgIpc) is 2.47. The number of hydrogen-bond acceptors (Lipinski definition) is 4. The van der Waals surface area contributed by atoms with Crippen LogP contribution in [-0.4, -0.2) is 23.1 Å². The van der Waals surface area contributed by atoms with Gasteiger partial charge in [-0.05, 0) is 24.1 Å². The number of aliphatic hydroxyl groups is 1. The number of methoxy groups -OCH3 is 1. The normalized spacial score (nSPS) is 12.1. The largest absolute Gasteiger partial charge is 0.504 e. The highest BCUT2D eigenvalue weighted by atomic mass is 16.5. The van der Waals surface area contributed by atoms with Crippen LogP contribution in [0.4, 0.5) is 0 Å². The highest BCUT2D eigenvalue weighted by molar-refractivity contribution is 5.79. The highest BCUT2D eigenvalue weighted by Gasteiger charge is 2.14. The summed E-state index contributed by atoms with van der Waals surface area (Å²) in [6.45, 7) is 2.16. The van der Waals surface area contributed by atoms with E-state index in [9.17, 15) is 15.0 Å².